The number of hydrogen-bond donors (Lipinski definition) is 3. The maximum atomic E-state index is 12.5. The molecule has 1 heterocycles. The molecule has 0 saturated carbocycles. The molecule has 0 radical (unpaired) electrons. The number of benzene rings is 2. The van der Waals surface area contributed by atoms with E-state index in [2.05, 4.69) is 39.6 Å². The topological polar surface area (TPSA) is 65.5 Å². The molecular formula is C19H19ClN4O. The normalized spacial score (nSPS) is 24.8. The summed E-state index contributed by atoms with van der Waals surface area (Å²) in [4.78, 5) is 12.5. The van der Waals surface area contributed by atoms with Crippen molar-refractivity contribution in [3.8, 4) is 0 Å². The molecule has 1 fully saturated rings. The second-order valence-corrected chi connectivity index (χ2v) is 6.87. The monoisotopic (exact) mass is 354 g/mol. The van der Waals surface area contributed by atoms with Crippen LogP contribution in [0.25, 0.3) is 0 Å². The molecule has 2 aromatic rings. The Morgan fingerprint density at radius 1 is 1.20 bits per heavy atom. The van der Waals surface area contributed by atoms with Gasteiger partial charge in [-0.1, -0.05) is 48.0 Å². The molecule has 0 spiro atoms. The second kappa shape index (κ2) is 6.96. The van der Waals surface area contributed by atoms with E-state index in [1.807, 2.05) is 18.2 Å². The summed E-state index contributed by atoms with van der Waals surface area (Å²) < 4.78 is 0. The number of hydrazine groups is 1. The summed E-state index contributed by atoms with van der Waals surface area (Å²) in [6.45, 7) is 0. The van der Waals surface area contributed by atoms with Crippen LogP contribution in [-0.4, -0.2) is 18.2 Å². The molecule has 1 aliphatic heterocycles. The molecule has 0 aromatic heterocycles. The minimum atomic E-state index is -0.296. The molecule has 6 heteroatoms. The van der Waals surface area contributed by atoms with Gasteiger partial charge in [-0.25, -0.2) is 16.3 Å². The summed E-state index contributed by atoms with van der Waals surface area (Å²) >= 11 is 5.94. The number of rotatable bonds is 3. The van der Waals surface area contributed by atoms with Gasteiger partial charge in [-0.3, -0.25) is 4.79 Å². The Morgan fingerprint density at radius 3 is 2.96 bits per heavy atom. The van der Waals surface area contributed by atoms with Gasteiger partial charge in [0.15, 0.2) is 0 Å². The van der Waals surface area contributed by atoms with E-state index in [9.17, 15) is 4.79 Å². The lowest BCUT2D eigenvalue weighted by Crippen LogP contribution is -2.44. The third kappa shape index (κ3) is 3.31. The zero-order chi connectivity index (χ0) is 17.2. The molecule has 128 valence electrons. The molecule has 3 N–H and O–H groups in total. The number of nitrogens with zero attached hydrogens (tertiary/aromatic N) is 1. The summed E-state index contributed by atoms with van der Waals surface area (Å²) in [7, 11) is 0. The number of amides is 1. The molecule has 3 atom stereocenters. The van der Waals surface area contributed by atoms with Gasteiger partial charge >= 0.3 is 0 Å². The predicted octanol–water partition coefficient (Wildman–Crippen LogP) is 2.57. The highest BCUT2D eigenvalue weighted by molar-refractivity contribution is 6.30. The highest BCUT2D eigenvalue weighted by Gasteiger charge is 2.43. The Bertz CT molecular complexity index is 823. The van der Waals surface area contributed by atoms with E-state index in [-0.39, 0.29) is 23.9 Å². The second-order valence-electron chi connectivity index (χ2n) is 6.43. The van der Waals surface area contributed by atoms with Crippen LogP contribution in [0.2, 0.25) is 5.02 Å². The minimum absolute atomic E-state index is 0.127. The molecule has 1 amide bonds. The third-order valence-electron chi connectivity index (χ3n) is 4.91. The van der Waals surface area contributed by atoms with Crippen molar-refractivity contribution >= 4 is 23.7 Å². The lowest BCUT2D eigenvalue weighted by Gasteiger charge is -2.29. The highest BCUT2D eigenvalue weighted by atomic mass is 35.5. The Kier molecular flexibility index (Phi) is 4.53. The lowest BCUT2D eigenvalue weighted by atomic mass is 9.77. The smallest absolute Gasteiger partial charge is 0.258 e. The molecule has 2 aromatic carbocycles. The molecule has 2 aliphatic rings. The third-order valence-corrected chi connectivity index (χ3v) is 5.14. The van der Waals surface area contributed by atoms with Gasteiger partial charge in [0.1, 0.15) is 6.04 Å². The van der Waals surface area contributed by atoms with E-state index < -0.39 is 0 Å². The summed E-state index contributed by atoms with van der Waals surface area (Å²) in [5.74, 6) is 0.0916. The first-order valence-electron chi connectivity index (χ1n) is 8.40. The first-order valence-corrected chi connectivity index (χ1v) is 8.77. The van der Waals surface area contributed by atoms with Crippen molar-refractivity contribution in [2.75, 3.05) is 0 Å². The van der Waals surface area contributed by atoms with Gasteiger partial charge in [-0.05, 0) is 41.7 Å². The molecular weight excluding hydrogens is 336 g/mol. The predicted molar refractivity (Wildman–Crippen MR) is 98.2 cm³/mol. The van der Waals surface area contributed by atoms with E-state index in [1.165, 1.54) is 11.1 Å². The van der Waals surface area contributed by atoms with Crippen LogP contribution in [0.5, 0.6) is 0 Å². The van der Waals surface area contributed by atoms with Crippen molar-refractivity contribution in [2.24, 2.45) is 11.0 Å². The van der Waals surface area contributed by atoms with Crippen LogP contribution in [0, 0.1) is 5.92 Å². The first-order chi connectivity index (χ1) is 12.2. The summed E-state index contributed by atoms with van der Waals surface area (Å²) in [5.41, 5.74) is 12.5. The fourth-order valence-corrected chi connectivity index (χ4v) is 3.90. The van der Waals surface area contributed by atoms with Gasteiger partial charge in [-0.2, -0.15) is 5.10 Å². The van der Waals surface area contributed by atoms with Crippen LogP contribution in [0.3, 0.4) is 0 Å². The average Bonchev–Trinajstić information content (AvgIpc) is 3.06. The number of hydrogen-bond acceptors (Lipinski definition) is 4. The standard InChI is InChI=1S/C19H19ClN4O/c20-14-6-3-4-12(10-14)11-21-24-19(25)18-16-9-8-13-5-1-2-7-15(13)17(16)22-23-18/h1-7,10-11,16-18,22-23H,8-9H2,(H,24,25)/b21-11+. The van der Waals surface area contributed by atoms with Crippen LogP contribution in [0.1, 0.15) is 29.2 Å². The molecule has 1 saturated heterocycles. The van der Waals surface area contributed by atoms with Gasteiger partial charge in [0, 0.05) is 10.9 Å². The van der Waals surface area contributed by atoms with E-state index in [4.69, 9.17) is 11.6 Å². The van der Waals surface area contributed by atoms with Crippen molar-refractivity contribution in [3.63, 3.8) is 0 Å². The van der Waals surface area contributed by atoms with Gasteiger partial charge in [0.25, 0.3) is 5.91 Å². The summed E-state index contributed by atoms with van der Waals surface area (Å²) in [6.07, 6.45) is 3.56. The Morgan fingerprint density at radius 2 is 2.08 bits per heavy atom. The van der Waals surface area contributed by atoms with E-state index in [0.717, 1.165) is 18.4 Å². The number of hydrazone groups is 1. The summed E-state index contributed by atoms with van der Waals surface area (Å²) in [6, 6.07) is 15.6. The van der Waals surface area contributed by atoms with Crippen LogP contribution < -0.4 is 16.3 Å². The van der Waals surface area contributed by atoms with E-state index in [0.29, 0.717) is 5.02 Å². The Balaban J connectivity index is 1.42. The Hall–Kier alpha value is -2.21. The SMILES string of the molecule is O=C(N/N=C/c1cccc(Cl)c1)C1NNC2c3ccccc3CCC12. The van der Waals surface area contributed by atoms with Gasteiger partial charge in [-0.15, -0.1) is 0 Å². The summed E-state index contributed by atoms with van der Waals surface area (Å²) in [5, 5.41) is 4.70. The molecule has 5 nitrogen and oxygen atoms in total. The van der Waals surface area contributed by atoms with Crippen molar-refractivity contribution in [3.05, 3.63) is 70.2 Å². The number of carbonyl (C=O) groups is 1. The number of halogens is 1. The molecule has 25 heavy (non-hydrogen) atoms. The fraction of sp³-hybridized carbons (Fsp3) is 0.263. The molecule has 4 rings (SSSR count). The van der Waals surface area contributed by atoms with E-state index in [1.54, 1.807) is 18.3 Å². The van der Waals surface area contributed by atoms with Gasteiger partial charge < -0.3 is 0 Å². The quantitative estimate of drug-likeness (QED) is 0.586. The zero-order valence-corrected chi connectivity index (χ0v) is 14.3. The van der Waals surface area contributed by atoms with Crippen molar-refractivity contribution in [1.29, 1.82) is 0 Å². The fourth-order valence-electron chi connectivity index (χ4n) is 3.70. The Labute approximate surface area is 151 Å². The first kappa shape index (κ1) is 16.3. The van der Waals surface area contributed by atoms with Crippen LogP contribution in [0.15, 0.2) is 53.6 Å². The van der Waals surface area contributed by atoms with Gasteiger partial charge in [0.2, 0.25) is 0 Å². The number of fused-ring (bicyclic) bond motifs is 3. The van der Waals surface area contributed by atoms with Crippen LogP contribution in [-0.2, 0) is 11.2 Å². The maximum Gasteiger partial charge on any atom is 0.258 e. The van der Waals surface area contributed by atoms with E-state index >= 15 is 0 Å². The minimum Gasteiger partial charge on any atom is -0.271 e. The van der Waals surface area contributed by atoms with Crippen LogP contribution in [0.4, 0.5) is 0 Å². The molecule has 3 unspecified atom stereocenters. The number of carbonyl (C=O) groups excluding carboxylic acids is 1. The average molecular weight is 355 g/mol. The van der Waals surface area contributed by atoms with Crippen molar-refractivity contribution < 1.29 is 4.79 Å². The van der Waals surface area contributed by atoms with Crippen LogP contribution >= 0.6 is 11.6 Å². The highest BCUT2D eigenvalue weighted by Crippen LogP contribution is 2.38. The van der Waals surface area contributed by atoms with Crippen molar-refractivity contribution in [2.45, 2.75) is 24.9 Å². The number of nitrogens with one attached hydrogen (secondary N) is 3. The molecule has 1 aliphatic carbocycles. The number of aryl methyl sites for hydroxylation is 1. The van der Waals surface area contributed by atoms with Gasteiger partial charge in [0.05, 0.1) is 12.3 Å². The lowest BCUT2D eigenvalue weighted by molar-refractivity contribution is -0.123. The van der Waals surface area contributed by atoms with Crippen molar-refractivity contribution in [1.82, 2.24) is 16.3 Å². The molecule has 0 bridgehead atoms. The largest absolute Gasteiger partial charge is 0.271 e. The zero-order valence-electron chi connectivity index (χ0n) is 13.6. The maximum absolute atomic E-state index is 12.5.